The van der Waals surface area contributed by atoms with Crippen LogP contribution in [0.4, 0.5) is 11.4 Å². The number of benzene rings is 2. The van der Waals surface area contributed by atoms with Crippen molar-refractivity contribution in [2.24, 2.45) is 0 Å². The van der Waals surface area contributed by atoms with Gasteiger partial charge in [-0.15, -0.1) is 5.10 Å². The predicted octanol–water partition coefficient (Wildman–Crippen LogP) is 2.31. The maximum atomic E-state index is 12.7. The molecule has 2 aromatic carbocycles. The normalized spacial score (nSPS) is 10.4. The Morgan fingerprint density at radius 1 is 1.21 bits per heavy atom. The molecule has 0 saturated carbocycles. The van der Waals surface area contributed by atoms with E-state index in [1.807, 2.05) is 0 Å². The monoisotopic (exact) mass is 396 g/mol. The van der Waals surface area contributed by atoms with Crippen LogP contribution in [0.3, 0.4) is 0 Å². The van der Waals surface area contributed by atoms with Crippen molar-refractivity contribution in [3.8, 4) is 5.69 Å². The first kappa shape index (κ1) is 19.6. The number of nitro groups is 1. The molecule has 0 bridgehead atoms. The summed E-state index contributed by atoms with van der Waals surface area (Å²) in [6.07, 6.45) is 1.41. The Kier molecular flexibility index (Phi) is 5.58. The summed E-state index contributed by atoms with van der Waals surface area (Å²) in [7, 11) is 0. The van der Waals surface area contributed by atoms with E-state index in [0.717, 1.165) is 17.7 Å². The molecule has 1 aromatic heterocycles. The van der Waals surface area contributed by atoms with Crippen molar-refractivity contribution in [1.29, 1.82) is 0 Å². The van der Waals surface area contributed by atoms with Gasteiger partial charge in [0, 0.05) is 23.4 Å². The lowest BCUT2D eigenvalue weighted by Crippen LogP contribution is -2.15. The number of hydrogen-bond donors (Lipinski definition) is 1. The molecule has 0 spiro atoms. The number of amides is 1. The van der Waals surface area contributed by atoms with Crippen LogP contribution < -0.4 is 5.32 Å². The molecular formula is C18H16N6O5. The summed E-state index contributed by atoms with van der Waals surface area (Å²) in [6, 6.07) is 8.61. The third-order valence-electron chi connectivity index (χ3n) is 3.98. The first-order valence-electron chi connectivity index (χ1n) is 8.51. The molecule has 0 aliphatic heterocycles. The minimum atomic E-state index is -0.748. The lowest BCUT2D eigenvalue weighted by atomic mass is 10.1. The number of hydrogen-bond acceptors (Lipinski definition) is 8. The van der Waals surface area contributed by atoms with Crippen LogP contribution in [-0.2, 0) is 4.74 Å². The molecule has 0 radical (unpaired) electrons. The zero-order valence-electron chi connectivity index (χ0n) is 15.5. The summed E-state index contributed by atoms with van der Waals surface area (Å²) < 4.78 is 6.30. The van der Waals surface area contributed by atoms with Crippen LogP contribution in [0, 0.1) is 17.0 Å². The van der Waals surface area contributed by atoms with Gasteiger partial charge in [-0.05, 0) is 48.0 Å². The molecule has 0 saturated heterocycles. The molecule has 0 atom stereocenters. The van der Waals surface area contributed by atoms with Gasteiger partial charge in [0.2, 0.25) is 0 Å². The second-order valence-electron chi connectivity index (χ2n) is 5.95. The number of aromatic nitrogens is 4. The van der Waals surface area contributed by atoms with Gasteiger partial charge in [-0.2, -0.15) is 0 Å². The molecule has 1 N–H and O–H groups in total. The van der Waals surface area contributed by atoms with E-state index >= 15 is 0 Å². The number of aryl methyl sites for hydroxylation is 1. The molecular weight excluding hydrogens is 380 g/mol. The van der Waals surface area contributed by atoms with Crippen molar-refractivity contribution in [2.75, 3.05) is 11.9 Å². The topological polar surface area (TPSA) is 142 Å². The van der Waals surface area contributed by atoms with Gasteiger partial charge < -0.3 is 10.1 Å². The molecule has 3 aromatic rings. The number of non-ortho nitro benzene ring substituents is 1. The lowest BCUT2D eigenvalue weighted by Gasteiger charge is -2.11. The number of ether oxygens (including phenoxy) is 1. The number of esters is 1. The maximum absolute atomic E-state index is 12.7. The van der Waals surface area contributed by atoms with Crippen LogP contribution in [0.25, 0.3) is 5.69 Å². The van der Waals surface area contributed by atoms with E-state index < -0.39 is 16.8 Å². The quantitative estimate of drug-likeness (QED) is 0.380. The Hall–Kier alpha value is -4.15. The van der Waals surface area contributed by atoms with E-state index in [9.17, 15) is 19.7 Å². The number of anilines is 1. The summed E-state index contributed by atoms with van der Waals surface area (Å²) in [5, 5.41) is 24.8. The van der Waals surface area contributed by atoms with Crippen molar-refractivity contribution in [3.63, 3.8) is 0 Å². The highest BCUT2D eigenvalue weighted by Crippen LogP contribution is 2.22. The smallest absolute Gasteiger partial charge is 0.338 e. The van der Waals surface area contributed by atoms with Gasteiger partial charge in [-0.3, -0.25) is 14.9 Å². The lowest BCUT2D eigenvalue weighted by molar-refractivity contribution is -0.384. The fourth-order valence-electron chi connectivity index (χ4n) is 2.54. The van der Waals surface area contributed by atoms with Gasteiger partial charge in [0.05, 0.1) is 22.8 Å². The minimum absolute atomic E-state index is 0.0468. The zero-order chi connectivity index (χ0) is 21.0. The molecule has 11 nitrogen and oxygen atoms in total. The SMILES string of the molecule is CCOC(=O)c1cc(C(=O)Nc2cc(-n3cnnn3)ccc2C)cc([N+](=O)[O-])c1. The summed E-state index contributed by atoms with van der Waals surface area (Å²) in [5.74, 6) is -1.36. The van der Waals surface area contributed by atoms with Gasteiger partial charge in [0.25, 0.3) is 11.6 Å². The van der Waals surface area contributed by atoms with Crippen LogP contribution in [0.1, 0.15) is 33.2 Å². The second kappa shape index (κ2) is 8.25. The van der Waals surface area contributed by atoms with Gasteiger partial charge in [-0.25, -0.2) is 9.48 Å². The summed E-state index contributed by atoms with van der Waals surface area (Å²) in [6.45, 7) is 3.51. The number of carbonyl (C=O) groups excluding carboxylic acids is 2. The van der Waals surface area contributed by atoms with Gasteiger partial charge in [0.1, 0.15) is 6.33 Å². The largest absolute Gasteiger partial charge is 0.462 e. The highest BCUT2D eigenvalue weighted by molar-refractivity contribution is 6.06. The molecule has 3 rings (SSSR count). The maximum Gasteiger partial charge on any atom is 0.338 e. The Morgan fingerprint density at radius 2 is 1.97 bits per heavy atom. The number of nitrogens with zero attached hydrogens (tertiary/aromatic N) is 5. The number of carbonyl (C=O) groups is 2. The van der Waals surface area contributed by atoms with Crippen molar-refractivity contribution in [3.05, 3.63) is 69.5 Å². The molecule has 1 heterocycles. The van der Waals surface area contributed by atoms with Crippen LogP contribution in [0.2, 0.25) is 0 Å². The molecule has 0 fully saturated rings. The molecule has 1 amide bonds. The standard InChI is InChI=1S/C18H16N6O5/c1-3-29-18(26)13-6-12(7-15(8-13)24(27)28)17(25)20-16-9-14(5-4-11(16)2)23-10-19-21-22-23/h4-10H,3H2,1-2H3,(H,20,25). The first-order valence-corrected chi connectivity index (χ1v) is 8.51. The summed E-state index contributed by atoms with van der Waals surface area (Å²) >= 11 is 0. The fourth-order valence-corrected chi connectivity index (χ4v) is 2.54. The minimum Gasteiger partial charge on any atom is -0.462 e. The van der Waals surface area contributed by atoms with Crippen LogP contribution in [-0.4, -0.2) is 43.6 Å². The van der Waals surface area contributed by atoms with Crippen LogP contribution in [0.5, 0.6) is 0 Å². The third kappa shape index (κ3) is 4.40. The average Bonchev–Trinajstić information content (AvgIpc) is 3.24. The second-order valence-corrected chi connectivity index (χ2v) is 5.95. The fraction of sp³-hybridized carbons (Fsp3) is 0.167. The molecule has 11 heteroatoms. The Morgan fingerprint density at radius 3 is 2.62 bits per heavy atom. The van der Waals surface area contributed by atoms with Crippen molar-refractivity contribution < 1.29 is 19.2 Å². The first-order chi connectivity index (χ1) is 13.9. The zero-order valence-corrected chi connectivity index (χ0v) is 15.5. The predicted molar refractivity (Wildman–Crippen MR) is 101 cm³/mol. The van der Waals surface area contributed by atoms with Gasteiger partial charge >= 0.3 is 5.97 Å². The Balaban J connectivity index is 1.93. The van der Waals surface area contributed by atoms with E-state index in [0.29, 0.717) is 11.4 Å². The highest BCUT2D eigenvalue weighted by Gasteiger charge is 2.19. The third-order valence-corrected chi connectivity index (χ3v) is 3.98. The molecule has 0 unspecified atom stereocenters. The molecule has 148 valence electrons. The van der Waals surface area contributed by atoms with Crippen LogP contribution >= 0.6 is 0 Å². The Labute approximate surface area is 164 Å². The van der Waals surface area contributed by atoms with Crippen molar-refractivity contribution >= 4 is 23.3 Å². The van der Waals surface area contributed by atoms with E-state index in [1.54, 1.807) is 32.0 Å². The van der Waals surface area contributed by atoms with E-state index in [-0.39, 0.29) is 23.4 Å². The summed E-state index contributed by atoms with van der Waals surface area (Å²) in [5.41, 5.74) is 1.32. The number of rotatable bonds is 6. The number of nitrogens with one attached hydrogen (secondary N) is 1. The highest BCUT2D eigenvalue weighted by atomic mass is 16.6. The molecule has 0 aliphatic carbocycles. The van der Waals surface area contributed by atoms with E-state index in [1.165, 1.54) is 17.1 Å². The number of tetrazole rings is 1. The van der Waals surface area contributed by atoms with E-state index in [4.69, 9.17) is 4.74 Å². The molecule has 0 aliphatic rings. The number of nitro benzene ring substituents is 1. The average molecular weight is 396 g/mol. The molecule has 29 heavy (non-hydrogen) atoms. The summed E-state index contributed by atoms with van der Waals surface area (Å²) in [4.78, 5) is 35.2. The van der Waals surface area contributed by atoms with Gasteiger partial charge in [-0.1, -0.05) is 6.07 Å². The van der Waals surface area contributed by atoms with E-state index in [2.05, 4.69) is 20.8 Å². The van der Waals surface area contributed by atoms with Crippen molar-refractivity contribution in [2.45, 2.75) is 13.8 Å². The van der Waals surface area contributed by atoms with Crippen molar-refractivity contribution in [1.82, 2.24) is 20.2 Å². The van der Waals surface area contributed by atoms with Crippen LogP contribution in [0.15, 0.2) is 42.7 Å². The van der Waals surface area contributed by atoms with Gasteiger partial charge in [0.15, 0.2) is 0 Å². The Bertz CT molecular complexity index is 1080.